The van der Waals surface area contributed by atoms with Crippen LogP contribution in [0.2, 0.25) is 0 Å². The molecule has 28 heavy (non-hydrogen) atoms. The van der Waals surface area contributed by atoms with Gasteiger partial charge < -0.3 is 19.9 Å². The number of hydrogen-bond acceptors (Lipinski definition) is 4. The molecule has 0 aliphatic carbocycles. The van der Waals surface area contributed by atoms with Gasteiger partial charge in [-0.05, 0) is 49.1 Å². The Kier molecular flexibility index (Phi) is 7.44. The average molecular weight is 385 g/mol. The van der Waals surface area contributed by atoms with E-state index in [1.54, 1.807) is 18.2 Å². The first kappa shape index (κ1) is 21.3. The summed E-state index contributed by atoms with van der Waals surface area (Å²) >= 11 is 0. The fourth-order valence-electron chi connectivity index (χ4n) is 3.14. The van der Waals surface area contributed by atoms with Crippen LogP contribution >= 0.6 is 0 Å². The third kappa shape index (κ3) is 5.74. The molecule has 6 heteroatoms. The van der Waals surface area contributed by atoms with Crippen molar-refractivity contribution < 1.29 is 24.2 Å². The van der Waals surface area contributed by atoms with Crippen LogP contribution in [0.4, 0.5) is 0 Å². The summed E-state index contributed by atoms with van der Waals surface area (Å²) < 4.78 is 10.5. The first-order valence-corrected chi connectivity index (χ1v) is 9.13. The molecule has 0 fully saturated rings. The number of carboxylic acid groups (broad SMARTS) is 1. The van der Waals surface area contributed by atoms with Crippen molar-refractivity contribution in [1.82, 2.24) is 5.32 Å². The van der Waals surface area contributed by atoms with Gasteiger partial charge in [0.15, 0.2) is 11.5 Å². The third-order valence-electron chi connectivity index (χ3n) is 4.64. The molecule has 2 N–H and O–H groups in total. The van der Waals surface area contributed by atoms with Crippen molar-refractivity contribution in [2.24, 2.45) is 0 Å². The van der Waals surface area contributed by atoms with Crippen LogP contribution in [0.25, 0.3) is 0 Å². The molecule has 0 heterocycles. The molecule has 150 valence electrons. The molecule has 0 aliphatic rings. The number of carbonyl (C=O) groups is 2. The van der Waals surface area contributed by atoms with Crippen molar-refractivity contribution in [3.8, 4) is 11.5 Å². The first-order valence-electron chi connectivity index (χ1n) is 9.13. The summed E-state index contributed by atoms with van der Waals surface area (Å²) in [5, 5.41) is 12.1. The molecular weight excluding hydrogens is 358 g/mol. The van der Waals surface area contributed by atoms with Crippen LogP contribution in [0.15, 0.2) is 36.4 Å². The van der Waals surface area contributed by atoms with Crippen molar-refractivity contribution in [3.05, 3.63) is 58.7 Å². The lowest BCUT2D eigenvalue weighted by Gasteiger charge is -2.19. The predicted octanol–water partition coefficient (Wildman–Crippen LogP) is 3.59. The maximum absolute atomic E-state index is 12.5. The second-order valence-corrected chi connectivity index (χ2v) is 6.76. The summed E-state index contributed by atoms with van der Waals surface area (Å²) in [5.41, 5.74) is 4.09. The van der Waals surface area contributed by atoms with E-state index in [0.717, 1.165) is 11.1 Å². The highest BCUT2D eigenvalue weighted by molar-refractivity contribution is 5.78. The van der Waals surface area contributed by atoms with E-state index in [2.05, 4.69) is 11.4 Å². The van der Waals surface area contributed by atoms with Gasteiger partial charge in [0.2, 0.25) is 5.91 Å². The highest BCUT2D eigenvalue weighted by Gasteiger charge is 2.20. The second kappa shape index (κ2) is 9.78. The average Bonchev–Trinajstić information content (AvgIpc) is 2.65. The van der Waals surface area contributed by atoms with Crippen molar-refractivity contribution in [2.45, 2.75) is 39.2 Å². The second-order valence-electron chi connectivity index (χ2n) is 6.76. The molecule has 0 saturated heterocycles. The van der Waals surface area contributed by atoms with Crippen molar-refractivity contribution >= 4 is 11.9 Å². The summed E-state index contributed by atoms with van der Waals surface area (Å²) in [4.78, 5) is 23.8. The van der Waals surface area contributed by atoms with Crippen LogP contribution in [0.1, 0.15) is 41.1 Å². The number of hydrogen-bond donors (Lipinski definition) is 2. The smallest absolute Gasteiger partial charge is 0.305 e. The molecule has 1 atom stereocenters. The van der Waals surface area contributed by atoms with E-state index in [4.69, 9.17) is 9.47 Å². The Morgan fingerprint density at radius 1 is 1.04 bits per heavy atom. The Hall–Kier alpha value is -3.02. The molecule has 2 aromatic carbocycles. The highest BCUT2D eigenvalue weighted by atomic mass is 16.5. The number of aryl methyl sites for hydroxylation is 3. The molecule has 0 aliphatic heterocycles. The van der Waals surface area contributed by atoms with Gasteiger partial charge in [-0.15, -0.1) is 0 Å². The predicted molar refractivity (Wildman–Crippen MR) is 107 cm³/mol. The molecule has 2 rings (SSSR count). The van der Waals surface area contributed by atoms with E-state index in [1.807, 2.05) is 26.0 Å². The maximum Gasteiger partial charge on any atom is 0.305 e. The number of benzene rings is 2. The lowest BCUT2D eigenvalue weighted by atomic mass is 10.0. The van der Waals surface area contributed by atoms with Crippen LogP contribution in [0.3, 0.4) is 0 Å². The van der Waals surface area contributed by atoms with Gasteiger partial charge in [-0.3, -0.25) is 9.59 Å². The monoisotopic (exact) mass is 385 g/mol. The topological polar surface area (TPSA) is 84.9 Å². The fraction of sp³-hybridized carbons (Fsp3) is 0.364. The summed E-state index contributed by atoms with van der Waals surface area (Å²) in [6, 6.07) is 10.6. The summed E-state index contributed by atoms with van der Waals surface area (Å²) in [6.07, 6.45) is 0.668. The van der Waals surface area contributed by atoms with Crippen LogP contribution in [-0.4, -0.2) is 31.2 Å². The SMILES string of the molecule is COc1ccc(C(CC(=O)O)NC(=O)CCc2ccc(C)cc2C)cc1OC. The Morgan fingerprint density at radius 2 is 1.75 bits per heavy atom. The number of aliphatic carboxylic acids is 1. The molecule has 2 aromatic rings. The van der Waals surface area contributed by atoms with Gasteiger partial charge in [-0.2, -0.15) is 0 Å². The Morgan fingerprint density at radius 3 is 2.36 bits per heavy atom. The Labute approximate surface area is 165 Å². The minimum Gasteiger partial charge on any atom is -0.493 e. The van der Waals surface area contributed by atoms with Crippen LogP contribution in [0, 0.1) is 13.8 Å². The van der Waals surface area contributed by atoms with Crippen molar-refractivity contribution in [1.29, 1.82) is 0 Å². The quantitative estimate of drug-likeness (QED) is 0.689. The van der Waals surface area contributed by atoms with Gasteiger partial charge in [-0.1, -0.05) is 29.8 Å². The summed E-state index contributed by atoms with van der Waals surface area (Å²) in [6.45, 7) is 4.06. The number of ether oxygens (including phenoxy) is 2. The van der Waals surface area contributed by atoms with E-state index >= 15 is 0 Å². The number of rotatable bonds is 9. The first-order chi connectivity index (χ1) is 13.3. The van der Waals surface area contributed by atoms with E-state index in [1.165, 1.54) is 19.8 Å². The molecular formula is C22H27NO5. The number of amides is 1. The van der Waals surface area contributed by atoms with Gasteiger partial charge in [0.05, 0.1) is 26.7 Å². The normalized spacial score (nSPS) is 11.6. The van der Waals surface area contributed by atoms with Crippen LogP contribution in [-0.2, 0) is 16.0 Å². The largest absolute Gasteiger partial charge is 0.493 e. The molecule has 1 unspecified atom stereocenters. The third-order valence-corrected chi connectivity index (χ3v) is 4.64. The van der Waals surface area contributed by atoms with Crippen molar-refractivity contribution in [3.63, 3.8) is 0 Å². The highest BCUT2D eigenvalue weighted by Crippen LogP contribution is 2.31. The molecule has 0 spiro atoms. The van der Waals surface area contributed by atoms with Gasteiger partial charge in [0, 0.05) is 6.42 Å². The standard InChI is InChI=1S/C22H27NO5/c1-14-5-6-16(15(2)11-14)8-10-21(24)23-18(13-22(25)26)17-7-9-19(27-3)20(12-17)28-4/h5-7,9,11-12,18H,8,10,13H2,1-4H3,(H,23,24)(H,25,26). The lowest BCUT2D eigenvalue weighted by molar-refractivity contribution is -0.137. The van der Waals surface area contributed by atoms with Crippen molar-refractivity contribution in [2.75, 3.05) is 14.2 Å². The van der Waals surface area contributed by atoms with E-state index in [0.29, 0.717) is 23.5 Å². The van der Waals surface area contributed by atoms with Gasteiger partial charge in [-0.25, -0.2) is 0 Å². The number of carboxylic acids is 1. The summed E-state index contributed by atoms with van der Waals surface area (Å²) in [7, 11) is 3.04. The maximum atomic E-state index is 12.5. The van der Waals surface area contributed by atoms with Gasteiger partial charge in [0.25, 0.3) is 0 Å². The van der Waals surface area contributed by atoms with E-state index in [9.17, 15) is 14.7 Å². The zero-order chi connectivity index (χ0) is 20.7. The zero-order valence-corrected chi connectivity index (χ0v) is 16.7. The van der Waals surface area contributed by atoms with Gasteiger partial charge >= 0.3 is 5.97 Å². The molecule has 0 aromatic heterocycles. The molecule has 0 radical (unpaired) electrons. The van der Waals surface area contributed by atoms with Crippen LogP contribution in [0.5, 0.6) is 11.5 Å². The molecule has 0 bridgehead atoms. The van der Waals surface area contributed by atoms with E-state index in [-0.39, 0.29) is 18.7 Å². The number of nitrogens with one attached hydrogen (secondary N) is 1. The summed E-state index contributed by atoms with van der Waals surface area (Å²) in [5.74, 6) is -0.156. The number of carbonyl (C=O) groups excluding carboxylic acids is 1. The Bertz CT molecular complexity index is 847. The number of methoxy groups -OCH3 is 2. The minimum absolute atomic E-state index is 0.194. The Balaban J connectivity index is 2.10. The zero-order valence-electron chi connectivity index (χ0n) is 16.7. The molecule has 1 amide bonds. The van der Waals surface area contributed by atoms with Gasteiger partial charge in [0.1, 0.15) is 0 Å². The fourth-order valence-corrected chi connectivity index (χ4v) is 3.14. The lowest BCUT2D eigenvalue weighted by Crippen LogP contribution is -2.30. The molecule has 6 nitrogen and oxygen atoms in total. The van der Waals surface area contributed by atoms with E-state index < -0.39 is 12.0 Å². The minimum atomic E-state index is -0.991. The van der Waals surface area contributed by atoms with Crippen LogP contribution < -0.4 is 14.8 Å². The molecule has 0 saturated carbocycles.